The molecule has 4 nitrogen and oxygen atoms in total. The number of nitrogens with one attached hydrogen (secondary N) is 1. The maximum absolute atomic E-state index is 8.99. The maximum atomic E-state index is 8.99. The molecule has 1 fully saturated rings. The van der Waals surface area contributed by atoms with Gasteiger partial charge in [0.05, 0.1) is 24.8 Å². The lowest BCUT2D eigenvalue weighted by Crippen LogP contribution is -2.11. The molecule has 0 saturated heterocycles. The smallest absolute Gasteiger partial charge is 0.163 e. The highest BCUT2D eigenvalue weighted by Crippen LogP contribution is 2.34. The van der Waals surface area contributed by atoms with E-state index in [4.69, 9.17) is 14.7 Å². The topological polar surface area (TPSA) is 54.3 Å². The molecule has 3 rings (SSSR count). The summed E-state index contributed by atoms with van der Waals surface area (Å²) in [5.41, 5.74) is 2.42. The summed E-state index contributed by atoms with van der Waals surface area (Å²) in [5, 5.41) is 12.3. The van der Waals surface area contributed by atoms with Gasteiger partial charge in [-0.05, 0) is 56.0 Å². The minimum atomic E-state index is 0.279. The second-order valence-electron chi connectivity index (χ2n) is 5.71. The van der Waals surface area contributed by atoms with Crippen LogP contribution in [-0.4, -0.2) is 13.2 Å². The van der Waals surface area contributed by atoms with Gasteiger partial charge >= 0.3 is 0 Å². The third kappa shape index (κ3) is 3.75. The molecule has 1 aliphatic rings. The third-order valence-corrected chi connectivity index (χ3v) is 4.04. The number of methoxy groups -OCH3 is 1. The summed E-state index contributed by atoms with van der Waals surface area (Å²) in [6.07, 6.45) is 4.94. The number of ether oxygens (including phenoxy) is 2. The molecule has 0 heterocycles. The van der Waals surface area contributed by atoms with E-state index in [2.05, 4.69) is 11.4 Å². The first-order valence-electron chi connectivity index (χ1n) is 7.90. The largest absolute Gasteiger partial charge is 0.493 e. The lowest BCUT2D eigenvalue weighted by Gasteiger charge is -2.17. The molecule has 0 aromatic heterocycles. The van der Waals surface area contributed by atoms with Gasteiger partial charge in [0.15, 0.2) is 11.5 Å². The monoisotopic (exact) mass is 308 g/mol. The highest BCUT2D eigenvalue weighted by Gasteiger charge is 2.18. The summed E-state index contributed by atoms with van der Waals surface area (Å²) < 4.78 is 11.5. The first kappa shape index (κ1) is 15.2. The van der Waals surface area contributed by atoms with E-state index >= 15 is 0 Å². The van der Waals surface area contributed by atoms with Crippen molar-refractivity contribution >= 4 is 11.4 Å². The Morgan fingerprint density at radius 2 is 1.83 bits per heavy atom. The van der Waals surface area contributed by atoms with E-state index in [1.54, 1.807) is 13.2 Å². The van der Waals surface area contributed by atoms with Gasteiger partial charge in [-0.3, -0.25) is 0 Å². The maximum Gasteiger partial charge on any atom is 0.163 e. The van der Waals surface area contributed by atoms with Gasteiger partial charge in [0.2, 0.25) is 0 Å². The predicted molar refractivity (Wildman–Crippen MR) is 90.3 cm³/mol. The van der Waals surface area contributed by atoms with Gasteiger partial charge in [-0.1, -0.05) is 6.07 Å². The lowest BCUT2D eigenvalue weighted by molar-refractivity contribution is 0.201. The first-order chi connectivity index (χ1) is 11.3. The minimum absolute atomic E-state index is 0.279. The fourth-order valence-corrected chi connectivity index (χ4v) is 2.87. The third-order valence-electron chi connectivity index (χ3n) is 4.04. The SMILES string of the molecule is COc1ccc(Nc2cccc(C#N)c2)cc1OC1CCCC1. The van der Waals surface area contributed by atoms with Crippen LogP contribution in [0.2, 0.25) is 0 Å². The molecular formula is C19H20N2O2. The van der Waals surface area contributed by atoms with Gasteiger partial charge in [0.1, 0.15) is 0 Å². The van der Waals surface area contributed by atoms with E-state index < -0.39 is 0 Å². The van der Waals surface area contributed by atoms with Crippen molar-refractivity contribution in [2.24, 2.45) is 0 Å². The lowest BCUT2D eigenvalue weighted by atomic mass is 10.2. The molecule has 1 aliphatic carbocycles. The fraction of sp³-hybridized carbons (Fsp3) is 0.316. The Bertz CT molecular complexity index is 716. The van der Waals surface area contributed by atoms with Gasteiger partial charge in [0, 0.05) is 17.4 Å². The Kier molecular flexibility index (Phi) is 4.68. The Labute approximate surface area is 136 Å². The van der Waals surface area contributed by atoms with Crippen LogP contribution in [0.5, 0.6) is 11.5 Å². The van der Waals surface area contributed by atoms with Crippen LogP contribution >= 0.6 is 0 Å². The Hall–Kier alpha value is -2.67. The molecule has 1 saturated carbocycles. The molecule has 0 radical (unpaired) electrons. The number of hydrogen-bond acceptors (Lipinski definition) is 4. The van der Waals surface area contributed by atoms with E-state index in [1.165, 1.54) is 12.8 Å². The highest BCUT2D eigenvalue weighted by molar-refractivity contribution is 5.64. The Morgan fingerprint density at radius 3 is 2.57 bits per heavy atom. The van der Waals surface area contributed by atoms with Crippen LogP contribution < -0.4 is 14.8 Å². The van der Waals surface area contributed by atoms with Crippen molar-refractivity contribution in [2.45, 2.75) is 31.8 Å². The quantitative estimate of drug-likeness (QED) is 0.874. The summed E-state index contributed by atoms with van der Waals surface area (Å²) in [4.78, 5) is 0. The number of anilines is 2. The van der Waals surface area contributed by atoms with Crippen LogP contribution in [0.3, 0.4) is 0 Å². The molecule has 0 amide bonds. The Morgan fingerprint density at radius 1 is 1.04 bits per heavy atom. The second kappa shape index (κ2) is 7.06. The van der Waals surface area contributed by atoms with Crippen molar-refractivity contribution in [2.75, 3.05) is 12.4 Å². The molecule has 118 valence electrons. The molecule has 0 aliphatic heterocycles. The molecule has 1 N–H and O–H groups in total. The van der Waals surface area contributed by atoms with Gasteiger partial charge in [0.25, 0.3) is 0 Å². The molecule has 2 aromatic rings. The summed E-state index contributed by atoms with van der Waals surface area (Å²) >= 11 is 0. The van der Waals surface area contributed by atoms with Crippen molar-refractivity contribution in [1.29, 1.82) is 5.26 Å². The molecule has 23 heavy (non-hydrogen) atoms. The van der Waals surface area contributed by atoms with E-state index in [0.717, 1.165) is 35.7 Å². The average molecular weight is 308 g/mol. The van der Waals surface area contributed by atoms with Crippen molar-refractivity contribution in [3.05, 3.63) is 48.0 Å². The van der Waals surface area contributed by atoms with Gasteiger partial charge < -0.3 is 14.8 Å². The van der Waals surface area contributed by atoms with E-state index in [9.17, 15) is 0 Å². The Balaban J connectivity index is 1.80. The number of rotatable bonds is 5. The molecule has 0 spiro atoms. The van der Waals surface area contributed by atoms with Crippen molar-refractivity contribution < 1.29 is 9.47 Å². The van der Waals surface area contributed by atoms with Gasteiger partial charge in [-0.2, -0.15) is 5.26 Å². The number of nitriles is 1. The summed E-state index contributed by atoms with van der Waals surface area (Å²) in [5.74, 6) is 1.51. The molecule has 0 atom stereocenters. The van der Waals surface area contributed by atoms with E-state index in [-0.39, 0.29) is 6.10 Å². The summed E-state index contributed by atoms with van der Waals surface area (Å²) in [6.45, 7) is 0. The summed E-state index contributed by atoms with van der Waals surface area (Å²) in [7, 11) is 1.65. The van der Waals surface area contributed by atoms with Crippen LogP contribution in [0.4, 0.5) is 11.4 Å². The zero-order chi connectivity index (χ0) is 16.1. The zero-order valence-corrected chi connectivity index (χ0v) is 13.2. The van der Waals surface area contributed by atoms with Crippen LogP contribution in [-0.2, 0) is 0 Å². The molecular weight excluding hydrogens is 288 g/mol. The number of hydrogen-bond donors (Lipinski definition) is 1. The second-order valence-corrected chi connectivity index (χ2v) is 5.71. The average Bonchev–Trinajstić information content (AvgIpc) is 3.08. The minimum Gasteiger partial charge on any atom is -0.493 e. The zero-order valence-electron chi connectivity index (χ0n) is 13.2. The van der Waals surface area contributed by atoms with Crippen molar-refractivity contribution in [3.8, 4) is 17.6 Å². The van der Waals surface area contributed by atoms with Crippen LogP contribution in [0.1, 0.15) is 31.2 Å². The number of benzene rings is 2. The molecule has 2 aromatic carbocycles. The van der Waals surface area contributed by atoms with Gasteiger partial charge in [-0.15, -0.1) is 0 Å². The molecule has 4 heteroatoms. The van der Waals surface area contributed by atoms with Crippen molar-refractivity contribution in [3.63, 3.8) is 0 Å². The molecule has 0 unspecified atom stereocenters. The van der Waals surface area contributed by atoms with Crippen LogP contribution in [0, 0.1) is 11.3 Å². The van der Waals surface area contributed by atoms with E-state index in [1.807, 2.05) is 36.4 Å². The standard InChI is InChI=1S/C19H20N2O2/c1-22-18-10-9-16(12-19(18)23-17-7-2-3-8-17)21-15-6-4-5-14(11-15)13-20/h4-6,9-12,17,21H,2-3,7-8H2,1H3. The van der Waals surface area contributed by atoms with Crippen LogP contribution in [0.15, 0.2) is 42.5 Å². The molecule has 0 bridgehead atoms. The predicted octanol–water partition coefficient (Wildman–Crippen LogP) is 4.63. The fourth-order valence-electron chi connectivity index (χ4n) is 2.87. The van der Waals surface area contributed by atoms with Crippen LogP contribution in [0.25, 0.3) is 0 Å². The van der Waals surface area contributed by atoms with Gasteiger partial charge in [-0.25, -0.2) is 0 Å². The normalized spacial score (nSPS) is 14.3. The summed E-state index contributed by atoms with van der Waals surface area (Å²) in [6, 6.07) is 15.3. The highest BCUT2D eigenvalue weighted by atomic mass is 16.5. The van der Waals surface area contributed by atoms with Crippen molar-refractivity contribution in [1.82, 2.24) is 0 Å². The first-order valence-corrected chi connectivity index (χ1v) is 7.90. The van der Waals surface area contributed by atoms with E-state index in [0.29, 0.717) is 5.56 Å². The number of nitrogens with zero attached hydrogens (tertiary/aromatic N) is 1.